The number of fused-ring (bicyclic) bond motifs is 1. The lowest BCUT2D eigenvalue weighted by Gasteiger charge is -2.33. The van der Waals surface area contributed by atoms with Crippen LogP contribution in [-0.4, -0.2) is 37.0 Å². The molecule has 1 saturated heterocycles. The number of nitrogens with two attached hydrogens (primary N) is 1. The number of ether oxygens (including phenoxy) is 1. The van der Waals surface area contributed by atoms with Crippen molar-refractivity contribution < 1.29 is 9.53 Å². The van der Waals surface area contributed by atoms with Gasteiger partial charge in [0.25, 0.3) is 0 Å². The van der Waals surface area contributed by atoms with Crippen molar-refractivity contribution in [3.8, 4) is 5.75 Å². The van der Waals surface area contributed by atoms with Crippen LogP contribution in [0.1, 0.15) is 30.0 Å². The van der Waals surface area contributed by atoms with Gasteiger partial charge in [-0.3, -0.25) is 4.79 Å². The Balaban J connectivity index is 1.41. The van der Waals surface area contributed by atoms with E-state index in [9.17, 15) is 4.79 Å². The predicted octanol–water partition coefficient (Wildman–Crippen LogP) is 2.93. The molecule has 0 aromatic heterocycles. The summed E-state index contributed by atoms with van der Waals surface area (Å²) in [5.41, 5.74) is 8.99. The van der Waals surface area contributed by atoms with Gasteiger partial charge >= 0.3 is 0 Å². The van der Waals surface area contributed by atoms with Gasteiger partial charge in [-0.1, -0.05) is 42.5 Å². The molecule has 0 radical (unpaired) electrons. The number of benzene rings is 2. The fraction of sp³-hybridized carbons (Fsp3) is 0.435. The molecule has 0 unspecified atom stereocenters. The number of likely N-dealkylation sites (tertiary alicyclic amines) is 1. The lowest BCUT2D eigenvalue weighted by molar-refractivity contribution is -0.124. The summed E-state index contributed by atoms with van der Waals surface area (Å²) in [6.07, 6.45) is 3.05. The molecule has 2 aromatic carbocycles. The average molecular weight is 364 g/mol. The minimum absolute atomic E-state index is 0.223. The highest BCUT2D eigenvalue weighted by molar-refractivity contribution is 5.86. The summed E-state index contributed by atoms with van der Waals surface area (Å²) in [5, 5.41) is 0. The summed E-state index contributed by atoms with van der Waals surface area (Å²) in [4.78, 5) is 14.9. The van der Waals surface area contributed by atoms with Crippen LogP contribution in [-0.2, 0) is 23.1 Å². The molecule has 2 aliphatic heterocycles. The fourth-order valence-corrected chi connectivity index (χ4v) is 4.55. The molecule has 2 N–H and O–H groups in total. The molecule has 27 heavy (non-hydrogen) atoms. The quantitative estimate of drug-likeness (QED) is 0.857. The zero-order valence-electron chi connectivity index (χ0n) is 16.0. The van der Waals surface area contributed by atoms with E-state index in [0.29, 0.717) is 0 Å². The second kappa shape index (κ2) is 7.35. The highest BCUT2D eigenvalue weighted by Crippen LogP contribution is 2.38. The molecule has 4 rings (SSSR count). The van der Waals surface area contributed by atoms with Gasteiger partial charge in [-0.05, 0) is 55.0 Å². The Labute approximate surface area is 161 Å². The second-order valence-electron chi connectivity index (χ2n) is 8.01. The third-order valence-electron chi connectivity index (χ3n) is 6.44. The van der Waals surface area contributed by atoms with Gasteiger partial charge in [0.1, 0.15) is 5.75 Å². The zero-order chi connectivity index (χ0) is 18.9. The summed E-state index contributed by atoms with van der Waals surface area (Å²) < 4.78 is 5.59. The van der Waals surface area contributed by atoms with E-state index in [-0.39, 0.29) is 11.8 Å². The minimum Gasteiger partial charge on any atom is -0.493 e. The Kier molecular flexibility index (Phi) is 4.92. The third-order valence-corrected chi connectivity index (χ3v) is 6.44. The average Bonchev–Trinajstić information content (AvgIpc) is 3.35. The molecular formula is C23H28N2O2. The highest BCUT2D eigenvalue weighted by atomic mass is 16.5. The van der Waals surface area contributed by atoms with Crippen molar-refractivity contribution in [2.75, 3.05) is 26.2 Å². The normalized spacial score (nSPS) is 21.4. The maximum atomic E-state index is 12.4. The summed E-state index contributed by atoms with van der Waals surface area (Å²) in [6, 6.07) is 16.6. The van der Waals surface area contributed by atoms with Crippen LogP contribution in [0.5, 0.6) is 5.75 Å². The molecule has 0 spiro atoms. The molecule has 0 saturated carbocycles. The largest absolute Gasteiger partial charge is 0.493 e. The van der Waals surface area contributed by atoms with Crippen LogP contribution in [0.3, 0.4) is 0 Å². The smallest absolute Gasteiger partial charge is 0.228 e. The number of carbonyl (C=O) groups excluding carboxylic acids is 1. The van der Waals surface area contributed by atoms with Crippen LogP contribution in [0.25, 0.3) is 0 Å². The summed E-state index contributed by atoms with van der Waals surface area (Å²) in [5.74, 6) is 1.07. The van der Waals surface area contributed by atoms with Gasteiger partial charge in [0.2, 0.25) is 5.91 Å². The Morgan fingerprint density at radius 1 is 1.26 bits per heavy atom. The van der Waals surface area contributed by atoms with Gasteiger partial charge in [-0.2, -0.15) is 0 Å². The predicted molar refractivity (Wildman–Crippen MR) is 107 cm³/mol. The molecular weight excluding hydrogens is 336 g/mol. The lowest BCUT2D eigenvalue weighted by atomic mass is 9.70. The number of nitrogens with zero attached hydrogens (tertiary/aromatic N) is 1. The third kappa shape index (κ3) is 3.46. The van der Waals surface area contributed by atoms with Crippen molar-refractivity contribution in [3.05, 3.63) is 65.2 Å². The van der Waals surface area contributed by atoms with E-state index in [1.54, 1.807) is 0 Å². The maximum absolute atomic E-state index is 12.4. The molecule has 1 amide bonds. The van der Waals surface area contributed by atoms with Crippen LogP contribution in [0.15, 0.2) is 48.5 Å². The number of rotatable bonds is 6. The first-order chi connectivity index (χ1) is 13.1. The van der Waals surface area contributed by atoms with Gasteiger partial charge in [0.15, 0.2) is 0 Å². The van der Waals surface area contributed by atoms with Crippen molar-refractivity contribution in [3.63, 3.8) is 0 Å². The van der Waals surface area contributed by atoms with E-state index in [2.05, 4.69) is 23.1 Å². The maximum Gasteiger partial charge on any atom is 0.228 e. The Hall–Kier alpha value is -2.33. The molecule has 4 nitrogen and oxygen atoms in total. The Morgan fingerprint density at radius 2 is 2.07 bits per heavy atom. The summed E-state index contributed by atoms with van der Waals surface area (Å²) in [6.45, 7) is 5.77. The van der Waals surface area contributed by atoms with E-state index in [4.69, 9.17) is 10.5 Å². The van der Waals surface area contributed by atoms with Crippen molar-refractivity contribution >= 4 is 5.91 Å². The molecule has 2 heterocycles. The van der Waals surface area contributed by atoms with Gasteiger partial charge in [-0.15, -0.1) is 0 Å². The number of carbonyl (C=O) groups is 1. The molecule has 2 atom stereocenters. The molecule has 142 valence electrons. The topological polar surface area (TPSA) is 55.6 Å². The van der Waals surface area contributed by atoms with E-state index in [0.717, 1.165) is 56.8 Å². The van der Waals surface area contributed by atoms with Crippen molar-refractivity contribution in [1.82, 2.24) is 4.90 Å². The van der Waals surface area contributed by atoms with Crippen molar-refractivity contribution in [2.45, 2.75) is 31.6 Å². The first-order valence-electron chi connectivity index (χ1n) is 9.90. The molecule has 2 aromatic rings. The van der Waals surface area contributed by atoms with Crippen LogP contribution in [0.4, 0.5) is 0 Å². The van der Waals surface area contributed by atoms with Crippen molar-refractivity contribution in [2.24, 2.45) is 11.7 Å². The van der Waals surface area contributed by atoms with E-state index in [1.165, 1.54) is 11.1 Å². The van der Waals surface area contributed by atoms with Crippen LogP contribution >= 0.6 is 0 Å². The van der Waals surface area contributed by atoms with Crippen molar-refractivity contribution in [1.29, 1.82) is 0 Å². The standard InChI is InChI=1S/C23H28N2O2/c1-23(22(24)26,19-5-3-2-4-6-19)20-10-13-25(16-20)12-9-17-7-8-21-18(15-17)11-14-27-21/h2-8,15,20H,9-14,16H2,1H3,(H2,24,26)/t20-,23+/m1/s1. The molecule has 4 heteroatoms. The highest BCUT2D eigenvalue weighted by Gasteiger charge is 2.44. The minimum atomic E-state index is -0.610. The SMILES string of the molecule is C[C@](C(N)=O)(c1ccccc1)[C@@H]1CCN(CCc2ccc3c(c2)CCO3)C1. The first-order valence-corrected chi connectivity index (χ1v) is 9.90. The Bertz CT molecular complexity index is 820. The fourth-order valence-electron chi connectivity index (χ4n) is 4.55. The number of amides is 1. The van der Waals surface area contributed by atoms with Crippen LogP contribution < -0.4 is 10.5 Å². The summed E-state index contributed by atoms with van der Waals surface area (Å²) in [7, 11) is 0. The van der Waals surface area contributed by atoms with E-state index in [1.807, 2.05) is 37.3 Å². The van der Waals surface area contributed by atoms with Gasteiger partial charge < -0.3 is 15.4 Å². The monoisotopic (exact) mass is 364 g/mol. The van der Waals surface area contributed by atoms with Gasteiger partial charge in [0, 0.05) is 19.5 Å². The number of hydrogen-bond acceptors (Lipinski definition) is 3. The van der Waals surface area contributed by atoms with E-state index < -0.39 is 5.41 Å². The second-order valence-corrected chi connectivity index (χ2v) is 8.01. The Morgan fingerprint density at radius 3 is 2.85 bits per heavy atom. The molecule has 0 bridgehead atoms. The number of primary amides is 1. The summed E-state index contributed by atoms with van der Waals surface area (Å²) >= 11 is 0. The molecule has 1 fully saturated rings. The number of hydrogen-bond donors (Lipinski definition) is 1. The molecule has 0 aliphatic carbocycles. The van der Waals surface area contributed by atoms with E-state index >= 15 is 0 Å². The van der Waals surface area contributed by atoms with Gasteiger partial charge in [0.05, 0.1) is 12.0 Å². The first kappa shape index (κ1) is 18.1. The van der Waals surface area contributed by atoms with Crippen LogP contribution in [0, 0.1) is 5.92 Å². The zero-order valence-corrected chi connectivity index (χ0v) is 16.0. The molecule has 2 aliphatic rings. The van der Waals surface area contributed by atoms with Gasteiger partial charge in [-0.25, -0.2) is 0 Å². The lowest BCUT2D eigenvalue weighted by Crippen LogP contribution is -2.46. The van der Waals surface area contributed by atoms with Crippen LogP contribution in [0.2, 0.25) is 0 Å².